The number of amides is 5. The fraction of sp³-hybridized carbons (Fsp3) is 0.385. The highest BCUT2D eigenvalue weighted by molar-refractivity contribution is 5.96. The Labute approximate surface area is 340 Å². The molecule has 0 unspecified atom stereocenters. The molecule has 0 heterocycles. The van der Waals surface area contributed by atoms with Gasteiger partial charge in [0.2, 0.25) is 29.5 Å². The second-order valence-electron chi connectivity index (χ2n) is 13.8. The Morgan fingerprint density at radius 2 is 1.14 bits per heavy atom. The van der Waals surface area contributed by atoms with Crippen molar-refractivity contribution in [2.75, 3.05) is 19.6 Å². The summed E-state index contributed by atoms with van der Waals surface area (Å²) >= 11 is 0. The van der Waals surface area contributed by atoms with Crippen molar-refractivity contribution in [3.05, 3.63) is 77.9 Å². The molecule has 0 aromatic heterocycles. The van der Waals surface area contributed by atoms with Crippen molar-refractivity contribution in [1.29, 1.82) is 0 Å². The number of carbonyl (C=O) groups excluding carboxylic acids is 5. The molecule has 3 aromatic carbocycles. The lowest BCUT2D eigenvalue weighted by molar-refractivity contribution is -0.138. The Morgan fingerprint density at radius 3 is 1.69 bits per heavy atom. The quantitative estimate of drug-likeness (QED) is 0.0278. The zero-order valence-corrected chi connectivity index (χ0v) is 32.7. The molecule has 0 bridgehead atoms. The van der Waals surface area contributed by atoms with Crippen LogP contribution in [0, 0.1) is 0 Å². The maximum Gasteiger partial charge on any atom is 0.322 e. The summed E-state index contributed by atoms with van der Waals surface area (Å²) in [6, 6.07) is 13.1. The predicted molar refractivity (Wildman–Crippen MR) is 221 cm³/mol. The number of aromatic hydroxyl groups is 1. The van der Waals surface area contributed by atoms with Gasteiger partial charge in [0.15, 0.2) is 11.9 Å². The fourth-order valence-electron chi connectivity index (χ4n) is 5.85. The number of benzene rings is 3. The first-order valence-electron chi connectivity index (χ1n) is 18.8. The van der Waals surface area contributed by atoms with Gasteiger partial charge in [-0.2, -0.15) is 0 Å². The average molecular weight is 819 g/mol. The SMILES string of the molecule is C[C@H](NC(=O)[C@H](Cc1ccc2ccccc2c1)NC(=O)[C@H](CCCN=C(N)N)NC(=O)[C@H](CCCN=C(N)N)NC(=O)[C@H](N)Cc1ccc(O)cc1)C(=O)NCC(=O)O. The van der Waals surface area contributed by atoms with Crippen molar-refractivity contribution < 1.29 is 39.0 Å². The third kappa shape index (κ3) is 16.6. The number of phenolic OH excluding ortho intramolecular Hbond substituents is 1. The van der Waals surface area contributed by atoms with E-state index in [0.717, 1.165) is 10.8 Å². The summed E-state index contributed by atoms with van der Waals surface area (Å²) in [6.45, 7) is 0.908. The minimum absolute atomic E-state index is 0.0122. The highest BCUT2D eigenvalue weighted by Crippen LogP contribution is 2.17. The van der Waals surface area contributed by atoms with Gasteiger partial charge in [-0.1, -0.05) is 54.6 Å². The molecule has 0 fully saturated rings. The Morgan fingerprint density at radius 1 is 0.627 bits per heavy atom. The van der Waals surface area contributed by atoms with Gasteiger partial charge in [0, 0.05) is 19.5 Å². The third-order valence-corrected chi connectivity index (χ3v) is 8.94. The normalized spacial score (nSPS) is 13.3. The Bertz CT molecular complexity index is 1980. The van der Waals surface area contributed by atoms with Crippen LogP contribution in [0.5, 0.6) is 5.75 Å². The minimum atomic E-state index is -1.29. The molecule has 0 radical (unpaired) electrons. The van der Waals surface area contributed by atoms with E-state index in [9.17, 15) is 33.9 Å². The predicted octanol–water partition coefficient (Wildman–Crippen LogP) is -2.08. The zero-order chi connectivity index (χ0) is 43.5. The molecule has 59 heavy (non-hydrogen) atoms. The maximum atomic E-state index is 14.1. The lowest BCUT2D eigenvalue weighted by Crippen LogP contribution is -2.59. The van der Waals surface area contributed by atoms with Crippen LogP contribution in [0.15, 0.2) is 76.7 Å². The van der Waals surface area contributed by atoms with E-state index < -0.39 is 72.3 Å². The number of carbonyl (C=O) groups is 6. The molecule has 20 heteroatoms. The number of fused-ring (bicyclic) bond motifs is 1. The molecule has 20 nitrogen and oxygen atoms in total. The number of nitrogens with one attached hydrogen (secondary N) is 5. The number of hydrogen-bond acceptors (Lipinski definition) is 10. The lowest BCUT2D eigenvalue weighted by Gasteiger charge is -2.26. The second kappa shape index (κ2) is 23.3. The van der Waals surface area contributed by atoms with Crippen LogP contribution >= 0.6 is 0 Å². The van der Waals surface area contributed by atoms with Crippen molar-refractivity contribution >= 4 is 58.2 Å². The first-order chi connectivity index (χ1) is 28.0. The number of phenols is 1. The molecule has 0 aliphatic carbocycles. The van der Waals surface area contributed by atoms with Crippen LogP contribution < -0.4 is 55.3 Å². The molecule has 0 aliphatic heterocycles. The standard InChI is InChI=1S/C39H54N12O8/c1-22(33(55)47-21-32(53)54)48-37(59)31(20-24-10-13-25-6-2-3-7-26(25)18-24)51-36(58)30(9-5-17-46-39(43)44)50-35(57)29(8-4-16-45-38(41)42)49-34(56)28(40)19-23-11-14-27(52)15-12-23/h2-3,6-7,10-15,18,22,28-31,52H,4-5,8-9,16-17,19-21,40H2,1H3,(H,47,55)(H,48,59)(H,49,56)(H,50,57)(H,51,58)(H,53,54)(H4,41,42,45)(H4,43,44,46)/t22-,28+,29-,30-,31-/m0/s1. The smallest absolute Gasteiger partial charge is 0.322 e. The van der Waals surface area contributed by atoms with Crippen LogP contribution in [0.25, 0.3) is 10.8 Å². The van der Waals surface area contributed by atoms with E-state index in [4.69, 9.17) is 33.8 Å². The van der Waals surface area contributed by atoms with Crippen molar-refractivity contribution in [1.82, 2.24) is 26.6 Å². The van der Waals surface area contributed by atoms with Gasteiger partial charge in [0.1, 0.15) is 36.5 Å². The molecule has 0 spiro atoms. The average Bonchev–Trinajstić information content (AvgIpc) is 3.19. The Balaban J connectivity index is 1.89. The summed E-state index contributed by atoms with van der Waals surface area (Å²) in [5, 5.41) is 33.2. The van der Waals surface area contributed by atoms with Crippen LogP contribution in [0.1, 0.15) is 43.7 Å². The Hall–Kier alpha value is -6.96. The van der Waals surface area contributed by atoms with Gasteiger partial charge in [-0.05, 0) is 73.1 Å². The molecule has 17 N–H and O–H groups in total. The number of carboxylic acid groups (broad SMARTS) is 1. The second-order valence-corrected chi connectivity index (χ2v) is 13.8. The maximum absolute atomic E-state index is 14.1. The monoisotopic (exact) mass is 818 g/mol. The van der Waals surface area contributed by atoms with E-state index in [1.54, 1.807) is 18.2 Å². The molecule has 5 atom stereocenters. The molecule has 3 aromatic rings. The first kappa shape index (κ1) is 46.4. The van der Waals surface area contributed by atoms with Crippen LogP contribution in [0.4, 0.5) is 0 Å². The summed E-state index contributed by atoms with van der Waals surface area (Å²) < 4.78 is 0. The summed E-state index contributed by atoms with van der Waals surface area (Å²) in [7, 11) is 0. The largest absolute Gasteiger partial charge is 0.508 e. The molecule has 318 valence electrons. The molecule has 0 saturated carbocycles. The molecule has 3 rings (SSSR count). The van der Waals surface area contributed by atoms with E-state index in [2.05, 4.69) is 36.6 Å². The highest BCUT2D eigenvalue weighted by Gasteiger charge is 2.31. The van der Waals surface area contributed by atoms with Crippen molar-refractivity contribution in [3.8, 4) is 5.75 Å². The number of aliphatic imine (C=N–C) groups is 2. The van der Waals surface area contributed by atoms with Crippen molar-refractivity contribution in [2.24, 2.45) is 38.7 Å². The molecule has 5 amide bonds. The van der Waals surface area contributed by atoms with Crippen molar-refractivity contribution in [3.63, 3.8) is 0 Å². The van der Waals surface area contributed by atoms with Crippen LogP contribution in [-0.2, 0) is 41.6 Å². The van der Waals surface area contributed by atoms with E-state index in [0.29, 0.717) is 11.1 Å². The number of rotatable bonds is 23. The van der Waals surface area contributed by atoms with E-state index in [-0.39, 0.29) is 69.3 Å². The number of nitrogens with two attached hydrogens (primary N) is 5. The zero-order valence-electron chi connectivity index (χ0n) is 32.7. The molecule has 0 aliphatic rings. The summed E-state index contributed by atoms with van der Waals surface area (Å²) in [4.78, 5) is 86.6. The van der Waals surface area contributed by atoms with E-state index >= 15 is 0 Å². The number of nitrogens with zero attached hydrogens (tertiary/aromatic N) is 2. The Kier molecular flexibility index (Phi) is 18.3. The number of carboxylic acids is 1. The number of guanidine groups is 2. The van der Waals surface area contributed by atoms with Gasteiger partial charge in [0.05, 0.1) is 6.04 Å². The van der Waals surface area contributed by atoms with Gasteiger partial charge in [-0.3, -0.25) is 38.8 Å². The number of aliphatic carboxylic acids is 1. The van der Waals surface area contributed by atoms with Gasteiger partial charge < -0.3 is 65.5 Å². The minimum Gasteiger partial charge on any atom is -0.508 e. The third-order valence-electron chi connectivity index (χ3n) is 8.94. The highest BCUT2D eigenvalue weighted by atomic mass is 16.4. The van der Waals surface area contributed by atoms with Crippen molar-refractivity contribution in [2.45, 2.75) is 75.7 Å². The lowest BCUT2D eigenvalue weighted by atomic mass is 10.00. The van der Waals surface area contributed by atoms with Gasteiger partial charge in [0.25, 0.3) is 0 Å². The summed E-state index contributed by atoms with van der Waals surface area (Å²) in [5.41, 5.74) is 29.4. The molecule has 0 saturated heterocycles. The van der Waals surface area contributed by atoms with Crippen LogP contribution in [0.2, 0.25) is 0 Å². The topological polar surface area (TPSA) is 358 Å². The molecular weight excluding hydrogens is 765 g/mol. The number of hydrogen-bond donors (Lipinski definition) is 12. The van der Waals surface area contributed by atoms with E-state index in [1.165, 1.54) is 19.1 Å². The van der Waals surface area contributed by atoms with Crippen LogP contribution in [-0.4, -0.2) is 107 Å². The van der Waals surface area contributed by atoms with Gasteiger partial charge >= 0.3 is 5.97 Å². The van der Waals surface area contributed by atoms with Gasteiger partial charge in [-0.25, -0.2) is 0 Å². The van der Waals surface area contributed by atoms with Gasteiger partial charge in [-0.15, -0.1) is 0 Å². The molecular formula is C39H54N12O8. The van der Waals surface area contributed by atoms with Crippen LogP contribution in [0.3, 0.4) is 0 Å². The first-order valence-corrected chi connectivity index (χ1v) is 18.8. The summed E-state index contributed by atoms with van der Waals surface area (Å²) in [5.74, 6) is -5.31. The fourth-order valence-corrected chi connectivity index (χ4v) is 5.85. The van der Waals surface area contributed by atoms with E-state index in [1.807, 2.05) is 36.4 Å². The summed E-state index contributed by atoms with van der Waals surface area (Å²) in [6.07, 6.45) is 0.529.